The van der Waals surface area contributed by atoms with Gasteiger partial charge in [-0.15, -0.1) is 0 Å². The number of nitro groups is 1. The van der Waals surface area contributed by atoms with Crippen molar-refractivity contribution in [3.05, 3.63) is 38.9 Å². The average molecular weight is 284 g/mol. The molecule has 0 radical (unpaired) electrons. The van der Waals surface area contributed by atoms with Crippen LogP contribution < -0.4 is 5.73 Å². The quantitative estimate of drug-likeness (QED) is 0.680. The highest BCUT2D eigenvalue weighted by Crippen LogP contribution is 2.31. The van der Waals surface area contributed by atoms with Crippen LogP contribution in [-0.4, -0.2) is 29.5 Å². The van der Waals surface area contributed by atoms with Crippen molar-refractivity contribution in [1.82, 2.24) is 4.90 Å². The lowest BCUT2D eigenvalue weighted by Gasteiger charge is -2.22. The summed E-state index contributed by atoms with van der Waals surface area (Å²) >= 11 is 6.11. The third kappa shape index (κ3) is 3.23. The minimum absolute atomic E-state index is 0.0835. The van der Waals surface area contributed by atoms with E-state index in [0.29, 0.717) is 18.1 Å². The van der Waals surface area contributed by atoms with Gasteiger partial charge in [0.2, 0.25) is 0 Å². The molecule has 0 aliphatic carbocycles. The normalized spacial score (nSPS) is 23.7. The minimum atomic E-state index is -0.395. The Kier molecular flexibility index (Phi) is 4.08. The van der Waals surface area contributed by atoms with Crippen molar-refractivity contribution >= 4 is 17.3 Å². The van der Waals surface area contributed by atoms with Gasteiger partial charge >= 0.3 is 0 Å². The van der Waals surface area contributed by atoms with Gasteiger partial charge in [-0.3, -0.25) is 15.0 Å². The Labute approximate surface area is 117 Å². The zero-order chi connectivity index (χ0) is 14.0. The molecule has 0 saturated carbocycles. The first kappa shape index (κ1) is 14.2. The number of nitro benzene ring substituents is 1. The van der Waals surface area contributed by atoms with Crippen molar-refractivity contribution < 1.29 is 4.92 Å². The van der Waals surface area contributed by atoms with E-state index in [9.17, 15) is 10.1 Å². The van der Waals surface area contributed by atoms with Gasteiger partial charge in [0.15, 0.2) is 0 Å². The van der Waals surface area contributed by atoms with Crippen LogP contribution in [0.25, 0.3) is 0 Å². The summed E-state index contributed by atoms with van der Waals surface area (Å²) in [6.45, 7) is 5.32. The van der Waals surface area contributed by atoms with E-state index in [1.807, 2.05) is 0 Å². The Bertz CT molecular complexity index is 495. The lowest BCUT2D eigenvalue weighted by atomic mass is 9.90. The maximum Gasteiger partial charge on any atom is 0.269 e. The molecule has 0 aromatic heterocycles. The van der Waals surface area contributed by atoms with Crippen LogP contribution in [0, 0.1) is 15.5 Å². The van der Waals surface area contributed by atoms with E-state index < -0.39 is 4.92 Å². The summed E-state index contributed by atoms with van der Waals surface area (Å²) in [4.78, 5) is 12.6. The standard InChI is InChI=1S/C13H18ClN3O2/c1-13(8-15)4-5-16(9-13)7-10-6-11(17(18)19)2-3-12(10)14/h2-3,6H,4-5,7-9,15H2,1H3. The molecule has 104 valence electrons. The molecule has 6 heteroatoms. The molecule has 1 unspecified atom stereocenters. The Morgan fingerprint density at radius 2 is 2.32 bits per heavy atom. The Hall–Kier alpha value is -1.17. The highest BCUT2D eigenvalue weighted by molar-refractivity contribution is 6.31. The number of hydrogen-bond donors (Lipinski definition) is 1. The second-order valence-corrected chi connectivity index (χ2v) is 5.92. The number of non-ortho nitro benzene ring substituents is 1. The molecule has 1 fully saturated rings. The first-order valence-corrected chi connectivity index (χ1v) is 6.66. The second kappa shape index (κ2) is 5.45. The van der Waals surface area contributed by atoms with Crippen molar-refractivity contribution in [2.24, 2.45) is 11.1 Å². The van der Waals surface area contributed by atoms with E-state index in [4.69, 9.17) is 17.3 Å². The first-order valence-electron chi connectivity index (χ1n) is 6.29. The number of likely N-dealkylation sites (tertiary alicyclic amines) is 1. The highest BCUT2D eigenvalue weighted by Gasteiger charge is 2.32. The highest BCUT2D eigenvalue weighted by atomic mass is 35.5. The molecule has 0 bridgehead atoms. The van der Waals surface area contributed by atoms with Crippen molar-refractivity contribution in [2.75, 3.05) is 19.6 Å². The van der Waals surface area contributed by atoms with Crippen LogP contribution in [0.4, 0.5) is 5.69 Å². The zero-order valence-corrected chi connectivity index (χ0v) is 11.7. The summed E-state index contributed by atoms with van der Waals surface area (Å²) in [6.07, 6.45) is 1.05. The third-order valence-electron chi connectivity index (χ3n) is 3.76. The molecule has 1 aromatic carbocycles. The van der Waals surface area contributed by atoms with E-state index in [0.717, 1.165) is 25.1 Å². The summed E-state index contributed by atoms with van der Waals surface area (Å²) in [6, 6.07) is 4.58. The summed E-state index contributed by atoms with van der Waals surface area (Å²) in [5.74, 6) is 0. The van der Waals surface area contributed by atoms with Gasteiger partial charge in [-0.1, -0.05) is 18.5 Å². The maximum atomic E-state index is 10.8. The Morgan fingerprint density at radius 3 is 2.89 bits per heavy atom. The van der Waals surface area contributed by atoms with Crippen molar-refractivity contribution in [1.29, 1.82) is 0 Å². The minimum Gasteiger partial charge on any atom is -0.330 e. The smallest absolute Gasteiger partial charge is 0.269 e. The summed E-state index contributed by atoms with van der Waals surface area (Å²) in [5.41, 5.74) is 6.81. The topological polar surface area (TPSA) is 72.4 Å². The summed E-state index contributed by atoms with van der Waals surface area (Å²) < 4.78 is 0. The van der Waals surface area contributed by atoms with Crippen molar-refractivity contribution in [2.45, 2.75) is 19.9 Å². The predicted octanol–water partition coefficient (Wildman–Crippen LogP) is 2.42. The van der Waals surface area contributed by atoms with E-state index in [1.54, 1.807) is 12.1 Å². The van der Waals surface area contributed by atoms with Gasteiger partial charge in [0.25, 0.3) is 5.69 Å². The largest absolute Gasteiger partial charge is 0.330 e. The average Bonchev–Trinajstić information content (AvgIpc) is 2.74. The first-order chi connectivity index (χ1) is 8.93. The summed E-state index contributed by atoms with van der Waals surface area (Å²) in [7, 11) is 0. The SMILES string of the molecule is CC1(CN)CCN(Cc2cc([N+](=O)[O-])ccc2Cl)C1. The van der Waals surface area contributed by atoms with Crippen LogP contribution in [0.5, 0.6) is 0 Å². The fourth-order valence-corrected chi connectivity index (χ4v) is 2.64. The fraction of sp³-hybridized carbons (Fsp3) is 0.538. The van der Waals surface area contributed by atoms with Crippen LogP contribution in [0.2, 0.25) is 5.02 Å². The number of benzene rings is 1. The number of halogens is 1. The van der Waals surface area contributed by atoms with Crippen LogP contribution in [0.1, 0.15) is 18.9 Å². The van der Waals surface area contributed by atoms with Crippen molar-refractivity contribution in [3.63, 3.8) is 0 Å². The maximum absolute atomic E-state index is 10.8. The van der Waals surface area contributed by atoms with Crippen LogP contribution in [0.15, 0.2) is 18.2 Å². The van der Waals surface area contributed by atoms with E-state index in [2.05, 4.69) is 11.8 Å². The van der Waals surface area contributed by atoms with Crippen molar-refractivity contribution in [3.8, 4) is 0 Å². The molecule has 1 aliphatic rings. The molecule has 0 amide bonds. The zero-order valence-electron chi connectivity index (χ0n) is 10.9. The van der Waals surface area contributed by atoms with Gasteiger partial charge in [-0.2, -0.15) is 0 Å². The van der Waals surface area contributed by atoms with Crippen LogP contribution in [0.3, 0.4) is 0 Å². The molecule has 1 aromatic rings. The molecule has 1 atom stereocenters. The van der Waals surface area contributed by atoms with Crippen LogP contribution in [-0.2, 0) is 6.54 Å². The van der Waals surface area contributed by atoms with Gasteiger partial charge in [0, 0.05) is 30.2 Å². The van der Waals surface area contributed by atoms with Gasteiger partial charge in [0.05, 0.1) is 4.92 Å². The number of rotatable bonds is 4. The molecule has 1 heterocycles. The van der Waals surface area contributed by atoms with Gasteiger partial charge in [-0.05, 0) is 36.6 Å². The fourth-order valence-electron chi connectivity index (χ4n) is 2.46. The number of nitrogens with two attached hydrogens (primary N) is 1. The molecule has 5 nitrogen and oxygen atoms in total. The van der Waals surface area contributed by atoms with Gasteiger partial charge in [0.1, 0.15) is 0 Å². The molecule has 1 saturated heterocycles. The van der Waals surface area contributed by atoms with Crippen LogP contribution >= 0.6 is 11.6 Å². The molecule has 2 rings (SSSR count). The molecule has 0 spiro atoms. The monoisotopic (exact) mass is 283 g/mol. The number of hydrogen-bond acceptors (Lipinski definition) is 4. The second-order valence-electron chi connectivity index (χ2n) is 5.51. The Balaban J connectivity index is 2.11. The lowest BCUT2D eigenvalue weighted by Crippen LogP contribution is -2.31. The number of nitrogens with zero attached hydrogens (tertiary/aromatic N) is 2. The molecular formula is C13H18ClN3O2. The van der Waals surface area contributed by atoms with Gasteiger partial charge < -0.3 is 5.73 Å². The Morgan fingerprint density at radius 1 is 1.58 bits per heavy atom. The predicted molar refractivity (Wildman–Crippen MR) is 75.2 cm³/mol. The molecule has 1 aliphatic heterocycles. The molecular weight excluding hydrogens is 266 g/mol. The van der Waals surface area contributed by atoms with Gasteiger partial charge in [-0.25, -0.2) is 0 Å². The summed E-state index contributed by atoms with van der Waals surface area (Å²) in [5, 5.41) is 11.4. The van der Waals surface area contributed by atoms with E-state index in [-0.39, 0.29) is 11.1 Å². The lowest BCUT2D eigenvalue weighted by molar-refractivity contribution is -0.384. The molecule has 19 heavy (non-hydrogen) atoms. The molecule has 2 N–H and O–H groups in total. The van der Waals surface area contributed by atoms with E-state index in [1.165, 1.54) is 6.07 Å². The third-order valence-corrected chi connectivity index (χ3v) is 4.13. The van der Waals surface area contributed by atoms with E-state index >= 15 is 0 Å².